The lowest BCUT2D eigenvalue weighted by Gasteiger charge is -2.08. The van der Waals surface area contributed by atoms with Crippen LogP contribution in [-0.2, 0) is 0 Å². The Morgan fingerprint density at radius 2 is 1.57 bits per heavy atom. The van der Waals surface area contributed by atoms with Crippen LogP contribution in [0.4, 0.5) is 5.82 Å². The van der Waals surface area contributed by atoms with E-state index < -0.39 is 0 Å². The molecule has 0 aliphatic rings. The number of nitrogens with zero attached hydrogens (tertiary/aromatic N) is 2. The van der Waals surface area contributed by atoms with E-state index in [0.29, 0.717) is 5.82 Å². The standard InChI is InChI=1S/C17H14BrN3/c1-19-16-11-15(12-5-3-2-4-6-12)20-17(21-16)13-7-9-14(18)10-8-13/h2-11H,1H3,(H,19,20,21). The lowest BCUT2D eigenvalue weighted by Crippen LogP contribution is -1.98. The van der Waals surface area contributed by atoms with E-state index in [1.165, 1.54) is 0 Å². The smallest absolute Gasteiger partial charge is 0.162 e. The molecule has 1 N–H and O–H groups in total. The second-order valence-corrected chi connectivity index (χ2v) is 5.50. The van der Waals surface area contributed by atoms with Crippen LogP contribution in [0.1, 0.15) is 0 Å². The molecule has 0 spiro atoms. The third-order valence-corrected chi connectivity index (χ3v) is 3.68. The van der Waals surface area contributed by atoms with Gasteiger partial charge >= 0.3 is 0 Å². The van der Waals surface area contributed by atoms with Crippen molar-refractivity contribution in [2.75, 3.05) is 12.4 Å². The minimum atomic E-state index is 0.716. The summed E-state index contributed by atoms with van der Waals surface area (Å²) in [6.07, 6.45) is 0. The molecule has 0 saturated carbocycles. The van der Waals surface area contributed by atoms with E-state index in [1.807, 2.05) is 67.7 Å². The molecule has 0 amide bonds. The Morgan fingerprint density at radius 1 is 0.857 bits per heavy atom. The average molecular weight is 340 g/mol. The molecule has 104 valence electrons. The predicted octanol–water partition coefficient (Wildman–Crippen LogP) is 4.61. The van der Waals surface area contributed by atoms with Crippen LogP contribution in [-0.4, -0.2) is 17.0 Å². The molecule has 0 saturated heterocycles. The average Bonchev–Trinajstić information content (AvgIpc) is 2.56. The second kappa shape index (κ2) is 6.06. The van der Waals surface area contributed by atoms with Gasteiger partial charge in [-0.2, -0.15) is 0 Å². The highest BCUT2D eigenvalue weighted by atomic mass is 79.9. The van der Waals surface area contributed by atoms with Crippen molar-refractivity contribution in [2.45, 2.75) is 0 Å². The van der Waals surface area contributed by atoms with Gasteiger partial charge in [-0.3, -0.25) is 0 Å². The Labute approximate surface area is 132 Å². The van der Waals surface area contributed by atoms with Gasteiger partial charge in [0.15, 0.2) is 5.82 Å². The maximum Gasteiger partial charge on any atom is 0.162 e. The summed E-state index contributed by atoms with van der Waals surface area (Å²) >= 11 is 3.44. The molecule has 0 radical (unpaired) electrons. The number of benzene rings is 2. The van der Waals surface area contributed by atoms with Crippen LogP contribution in [0.5, 0.6) is 0 Å². The van der Waals surface area contributed by atoms with Gasteiger partial charge in [-0.05, 0) is 12.1 Å². The first-order chi connectivity index (χ1) is 10.3. The number of nitrogens with one attached hydrogen (secondary N) is 1. The molecule has 1 heterocycles. The summed E-state index contributed by atoms with van der Waals surface area (Å²) in [5.74, 6) is 1.52. The Bertz CT molecular complexity index is 740. The van der Waals surface area contributed by atoms with Gasteiger partial charge in [0.05, 0.1) is 5.69 Å². The molecule has 0 bridgehead atoms. The zero-order valence-electron chi connectivity index (χ0n) is 11.5. The Balaban J connectivity index is 2.11. The minimum absolute atomic E-state index is 0.716. The van der Waals surface area contributed by atoms with E-state index in [9.17, 15) is 0 Å². The van der Waals surface area contributed by atoms with E-state index in [0.717, 1.165) is 27.1 Å². The fourth-order valence-electron chi connectivity index (χ4n) is 2.06. The summed E-state index contributed by atoms with van der Waals surface area (Å²) in [5, 5.41) is 3.10. The summed E-state index contributed by atoms with van der Waals surface area (Å²) in [5.41, 5.74) is 2.98. The molecule has 21 heavy (non-hydrogen) atoms. The largest absolute Gasteiger partial charge is 0.373 e. The van der Waals surface area contributed by atoms with Crippen LogP contribution < -0.4 is 5.32 Å². The SMILES string of the molecule is CNc1cc(-c2ccccc2)nc(-c2ccc(Br)cc2)n1. The maximum atomic E-state index is 4.69. The summed E-state index contributed by atoms with van der Waals surface area (Å²) in [7, 11) is 1.86. The number of aromatic nitrogens is 2. The fourth-order valence-corrected chi connectivity index (χ4v) is 2.32. The minimum Gasteiger partial charge on any atom is -0.373 e. The molecule has 0 aliphatic carbocycles. The molecule has 3 nitrogen and oxygen atoms in total. The van der Waals surface area contributed by atoms with Crippen molar-refractivity contribution in [2.24, 2.45) is 0 Å². The van der Waals surface area contributed by atoms with Crippen molar-refractivity contribution < 1.29 is 0 Å². The lowest BCUT2D eigenvalue weighted by atomic mass is 10.1. The van der Waals surface area contributed by atoms with Gasteiger partial charge in [0.2, 0.25) is 0 Å². The molecule has 4 heteroatoms. The first-order valence-electron chi connectivity index (χ1n) is 6.64. The third-order valence-electron chi connectivity index (χ3n) is 3.15. The van der Waals surface area contributed by atoms with Crippen molar-refractivity contribution in [3.8, 4) is 22.6 Å². The lowest BCUT2D eigenvalue weighted by molar-refractivity contribution is 1.17. The molecule has 3 rings (SSSR count). The molecule has 0 fully saturated rings. The van der Waals surface area contributed by atoms with Crippen molar-refractivity contribution in [3.05, 3.63) is 65.1 Å². The first-order valence-corrected chi connectivity index (χ1v) is 7.44. The van der Waals surface area contributed by atoms with E-state index >= 15 is 0 Å². The predicted molar refractivity (Wildman–Crippen MR) is 90.2 cm³/mol. The Kier molecular flexibility index (Phi) is 3.97. The summed E-state index contributed by atoms with van der Waals surface area (Å²) in [6, 6.07) is 20.1. The highest BCUT2D eigenvalue weighted by Gasteiger charge is 2.07. The van der Waals surface area contributed by atoms with Crippen LogP contribution in [0.2, 0.25) is 0 Å². The monoisotopic (exact) mass is 339 g/mol. The molecule has 2 aromatic carbocycles. The van der Waals surface area contributed by atoms with Crippen molar-refractivity contribution >= 4 is 21.7 Å². The molecule has 3 aromatic rings. The van der Waals surface area contributed by atoms with Gasteiger partial charge < -0.3 is 5.32 Å². The summed E-state index contributed by atoms with van der Waals surface area (Å²) in [6.45, 7) is 0. The second-order valence-electron chi connectivity index (χ2n) is 4.58. The van der Waals surface area contributed by atoms with Crippen molar-refractivity contribution in [3.63, 3.8) is 0 Å². The summed E-state index contributed by atoms with van der Waals surface area (Å²) < 4.78 is 1.04. The molecule has 0 aliphatic heterocycles. The number of anilines is 1. The van der Waals surface area contributed by atoms with Crippen molar-refractivity contribution in [1.29, 1.82) is 0 Å². The molecule has 0 unspecified atom stereocenters. The topological polar surface area (TPSA) is 37.8 Å². The van der Waals surface area contributed by atoms with Crippen LogP contribution >= 0.6 is 15.9 Å². The van der Waals surface area contributed by atoms with Gasteiger partial charge in [-0.1, -0.05) is 58.4 Å². The molecular weight excluding hydrogens is 326 g/mol. The number of hydrogen-bond donors (Lipinski definition) is 1. The first kappa shape index (κ1) is 13.8. The van der Waals surface area contributed by atoms with E-state index in [2.05, 4.69) is 31.2 Å². The highest BCUT2D eigenvalue weighted by Crippen LogP contribution is 2.25. The summed E-state index contributed by atoms with van der Waals surface area (Å²) in [4.78, 5) is 9.22. The number of rotatable bonds is 3. The third kappa shape index (κ3) is 3.11. The number of hydrogen-bond acceptors (Lipinski definition) is 3. The van der Waals surface area contributed by atoms with Crippen LogP contribution in [0.15, 0.2) is 65.1 Å². The Morgan fingerprint density at radius 3 is 2.24 bits per heavy atom. The quantitative estimate of drug-likeness (QED) is 0.756. The number of halogens is 1. The van der Waals surface area contributed by atoms with Gasteiger partial charge in [0.25, 0.3) is 0 Å². The zero-order chi connectivity index (χ0) is 14.7. The van der Waals surface area contributed by atoms with E-state index in [4.69, 9.17) is 0 Å². The van der Waals surface area contributed by atoms with Gasteiger partial charge in [-0.25, -0.2) is 9.97 Å². The highest BCUT2D eigenvalue weighted by molar-refractivity contribution is 9.10. The Hall–Kier alpha value is -2.20. The van der Waals surface area contributed by atoms with Crippen LogP contribution in [0.25, 0.3) is 22.6 Å². The van der Waals surface area contributed by atoms with Gasteiger partial charge in [0, 0.05) is 28.7 Å². The van der Waals surface area contributed by atoms with Crippen LogP contribution in [0.3, 0.4) is 0 Å². The van der Waals surface area contributed by atoms with Crippen LogP contribution in [0, 0.1) is 0 Å². The molecule has 1 aromatic heterocycles. The normalized spacial score (nSPS) is 10.4. The molecule has 0 atom stereocenters. The van der Waals surface area contributed by atoms with Crippen molar-refractivity contribution in [1.82, 2.24) is 9.97 Å². The fraction of sp³-hybridized carbons (Fsp3) is 0.0588. The van der Waals surface area contributed by atoms with E-state index in [-0.39, 0.29) is 0 Å². The molecular formula is C17H14BrN3. The zero-order valence-corrected chi connectivity index (χ0v) is 13.1. The van der Waals surface area contributed by atoms with Gasteiger partial charge in [0.1, 0.15) is 5.82 Å². The maximum absolute atomic E-state index is 4.69. The van der Waals surface area contributed by atoms with E-state index in [1.54, 1.807) is 0 Å². The van der Waals surface area contributed by atoms with Gasteiger partial charge in [-0.15, -0.1) is 0 Å².